The van der Waals surface area contributed by atoms with E-state index in [0.29, 0.717) is 0 Å². The Morgan fingerprint density at radius 1 is 0.600 bits per heavy atom. The molecule has 0 atom stereocenters. The van der Waals surface area contributed by atoms with Gasteiger partial charge in [0.15, 0.2) is 0 Å². The summed E-state index contributed by atoms with van der Waals surface area (Å²) in [6.45, 7) is 0. The second-order valence-corrected chi connectivity index (χ2v) is 2.27. The Morgan fingerprint density at radius 2 is 0.867 bits per heavy atom. The number of nitrogens with two attached hydrogens (primary N) is 1. The fourth-order valence-electron chi connectivity index (χ4n) is 0.387. The van der Waals surface area contributed by atoms with Crippen molar-refractivity contribution < 1.29 is 59.0 Å². The summed E-state index contributed by atoms with van der Waals surface area (Å²) in [7, 11) is 0. The molecule has 0 fully saturated rings. The first-order chi connectivity index (χ1) is 5.75. The Kier molecular flexibility index (Phi) is 4.72. The summed E-state index contributed by atoms with van der Waals surface area (Å²) in [6, 6.07) is -5.97. The Hall–Kier alpha value is -0.0466. The van der Waals surface area contributed by atoms with Crippen molar-refractivity contribution in [1.29, 1.82) is 0 Å². The largest absolute Gasteiger partial charge is 3.00 e. The van der Waals surface area contributed by atoms with E-state index in [2.05, 4.69) is 5.73 Å². The molecule has 0 aromatic heterocycles. The Labute approximate surface area is 89.5 Å². The Morgan fingerprint density at radius 3 is 0.933 bits per heavy atom. The molecule has 0 aromatic carbocycles. The molecule has 0 aliphatic carbocycles. The van der Waals surface area contributed by atoms with Gasteiger partial charge in [0.05, 0.1) is 0 Å². The summed E-state index contributed by atoms with van der Waals surface area (Å²) in [5.74, 6) is -13.6. The minimum Gasteiger partial charge on any atom is -0.267 e. The van der Waals surface area contributed by atoms with Crippen molar-refractivity contribution >= 4 is 0 Å². The van der Waals surface area contributed by atoms with Gasteiger partial charge in [0.1, 0.15) is 0 Å². The van der Waals surface area contributed by atoms with Gasteiger partial charge in [-0.15, -0.1) is 0 Å². The number of hydrogen-bond acceptors (Lipinski definition) is 1. The first-order valence-electron chi connectivity index (χ1n) is 2.74. The van der Waals surface area contributed by atoms with E-state index in [1.807, 2.05) is 0 Å². The van der Waals surface area contributed by atoms with Gasteiger partial charge in [-0.1, -0.05) is 0 Å². The van der Waals surface area contributed by atoms with Crippen LogP contribution in [0, 0.1) is 0 Å². The summed E-state index contributed by atoms with van der Waals surface area (Å²) in [4.78, 5) is 0. The molecule has 0 saturated carbocycles. The third-order valence-corrected chi connectivity index (χ3v) is 1.17. The molecule has 1 radical (unpaired) electrons. The fraction of sp³-hybridized carbons (Fsp3) is 1.00. The zero-order valence-corrected chi connectivity index (χ0v) is 8.07. The zero-order valence-electron chi connectivity index (χ0n) is 6.33. The van der Waals surface area contributed by atoms with E-state index in [9.17, 15) is 39.5 Å². The normalized spacial score (nSPS) is 14.8. The van der Waals surface area contributed by atoms with E-state index in [-0.39, 0.29) is 19.5 Å². The van der Waals surface area contributed by atoms with Crippen LogP contribution in [0.1, 0.15) is 0 Å². The van der Waals surface area contributed by atoms with Crippen LogP contribution in [-0.4, -0.2) is 24.1 Å². The summed E-state index contributed by atoms with van der Waals surface area (Å²) in [6.07, 6.45) is -6.81. The average molecular weight is 336 g/mol. The third kappa shape index (κ3) is 2.74. The van der Waals surface area contributed by atoms with Crippen LogP contribution in [0.5, 0.6) is 0 Å². The molecule has 0 bridgehead atoms. The van der Waals surface area contributed by atoms with Gasteiger partial charge in [0.25, 0.3) is 0 Å². The van der Waals surface area contributed by atoms with Gasteiger partial charge in [0, 0.05) is 0 Å². The van der Waals surface area contributed by atoms with Crippen molar-refractivity contribution in [3.63, 3.8) is 0 Å². The summed E-state index contributed by atoms with van der Waals surface area (Å²) < 4.78 is 104. The molecule has 0 unspecified atom stereocenters. The predicted molar refractivity (Wildman–Crippen MR) is 25.1 cm³/mol. The van der Waals surface area contributed by atoms with E-state index in [1.54, 1.807) is 0 Å². The smallest absolute Gasteiger partial charge is 0.267 e. The first-order valence-corrected chi connectivity index (χ1v) is 2.74. The van der Waals surface area contributed by atoms with Crippen molar-refractivity contribution in [2.45, 2.75) is 24.1 Å². The minimum atomic E-state index is -6.89. The molecule has 0 amide bonds. The molecular formula is C4H2F9NRu+3. The van der Waals surface area contributed by atoms with Crippen LogP contribution in [0.3, 0.4) is 0 Å². The zero-order chi connectivity index (χ0) is 12.0. The van der Waals surface area contributed by atoms with Gasteiger partial charge in [-0.2, -0.15) is 39.5 Å². The minimum absolute atomic E-state index is 0. The molecule has 0 saturated heterocycles. The van der Waals surface area contributed by atoms with E-state index in [4.69, 9.17) is 0 Å². The molecule has 0 aromatic rings. The molecule has 0 aliphatic heterocycles. The monoisotopic (exact) mass is 337 g/mol. The summed E-state index contributed by atoms with van der Waals surface area (Å²) in [5.41, 5.74) is 3.23. The van der Waals surface area contributed by atoms with Crippen molar-refractivity contribution in [2.24, 2.45) is 5.73 Å². The standard InChI is InChI=1S/C4H2F9N.Ru/c5-1(6,3(9,10)11)2(7,8)4(12,13)14;/h14H2;/q;+3. The van der Waals surface area contributed by atoms with Gasteiger partial charge in [-0.05, 0) is 0 Å². The van der Waals surface area contributed by atoms with Crippen LogP contribution >= 0.6 is 0 Å². The second-order valence-electron chi connectivity index (χ2n) is 2.27. The quantitative estimate of drug-likeness (QED) is 0.468. The van der Waals surface area contributed by atoms with Crippen molar-refractivity contribution in [3.8, 4) is 0 Å². The number of halogens is 9. The molecular weight excluding hydrogens is 334 g/mol. The summed E-state index contributed by atoms with van der Waals surface area (Å²) >= 11 is 0. The molecule has 11 heteroatoms. The van der Waals surface area contributed by atoms with E-state index in [1.165, 1.54) is 0 Å². The van der Waals surface area contributed by atoms with E-state index in [0.717, 1.165) is 0 Å². The van der Waals surface area contributed by atoms with Crippen molar-refractivity contribution in [1.82, 2.24) is 0 Å². The number of alkyl halides is 9. The van der Waals surface area contributed by atoms with Gasteiger partial charge >= 0.3 is 43.5 Å². The second kappa shape index (κ2) is 4.08. The van der Waals surface area contributed by atoms with Crippen molar-refractivity contribution in [3.05, 3.63) is 0 Å². The molecule has 0 spiro atoms. The van der Waals surface area contributed by atoms with Gasteiger partial charge in [-0.25, -0.2) is 0 Å². The van der Waals surface area contributed by atoms with E-state index < -0.39 is 24.1 Å². The molecule has 91 valence electrons. The topological polar surface area (TPSA) is 26.0 Å². The van der Waals surface area contributed by atoms with Gasteiger partial charge in [-0.3, -0.25) is 5.73 Å². The maximum absolute atomic E-state index is 11.9. The van der Waals surface area contributed by atoms with Crippen LogP contribution in [0.2, 0.25) is 0 Å². The third-order valence-electron chi connectivity index (χ3n) is 1.17. The van der Waals surface area contributed by atoms with Crippen LogP contribution in [-0.2, 0) is 19.5 Å². The van der Waals surface area contributed by atoms with Gasteiger partial charge in [0.2, 0.25) is 0 Å². The maximum Gasteiger partial charge on any atom is 3.00 e. The average Bonchev–Trinajstić information content (AvgIpc) is 1.81. The Bertz CT molecular complexity index is 191. The maximum atomic E-state index is 11.9. The molecule has 0 heterocycles. The van der Waals surface area contributed by atoms with Crippen LogP contribution in [0.25, 0.3) is 0 Å². The fourth-order valence-corrected chi connectivity index (χ4v) is 0.387. The molecule has 1 nitrogen and oxygen atoms in total. The van der Waals surface area contributed by atoms with Crippen LogP contribution < -0.4 is 5.73 Å². The SMILES string of the molecule is NC(F)(F)C(F)(F)C(F)(F)C(F)(F)F.[Ru+3]. The van der Waals surface area contributed by atoms with Crippen molar-refractivity contribution in [2.75, 3.05) is 0 Å². The number of rotatable bonds is 2. The van der Waals surface area contributed by atoms with Crippen LogP contribution in [0.15, 0.2) is 0 Å². The van der Waals surface area contributed by atoms with E-state index >= 15 is 0 Å². The predicted octanol–water partition coefficient (Wildman–Crippen LogP) is 2.37. The Balaban J connectivity index is 0. The molecule has 2 N–H and O–H groups in total. The summed E-state index contributed by atoms with van der Waals surface area (Å²) in [5, 5.41) is 0. The first kappa shape index (κ1) is 17.4. The number of hydrogen-bond donors (Lipinski definition) is 1. The molecule has 0 rings (SSSR count). The van der Waals surface area contributed by atoms with Crippen LogP contribution in [0.4, 0.5) is 39.5 Å². The van der Waals surface area contributed by atoms with Gasteiger partial charge < -0.3 is 0 Å². The molecule has 0 aliphatic rings. The molecule has 15 heavy (non-hydrogen) atoms.